The molecule has 2 aromatic rings. The van der Waals surface area contributed by atoms with Crippen molar-refractivity contribution < 1.29 is 9.32 Å². The minimum absolute atomic E-state index is 0.0452. The summed E-state index contributed by atoms with van der Waals surface area (Å²) in [5, 5.41) is 6.91. The van der Waals surface area contributed by atoms with Crippen molar-refractivity contribution in [1.82, 2.24) is 20.0 Å². The number of nitrogens with zero attached hydrogens (tertiary/aromatic N) is 3. The minimum Gasteiger partial charge on any atom is -0.361 e. The number of carbonyl (C=O) groups excluding carboxylic acids is 1. The summed E-state index contributed by atoms with van der Waals surface area (Å²) >= 11 is 0. The van der Waals surface area contributed by atoms with Crippen LogP contribution in [0.3, 0.4) is 0 Å². The lowest BCUT2D eigenvalue weighted by molar-refractivity contribution is 0.0927. The number of rotatable bonds is 4. The first-order chi connectivity index (χ1) is 9.58. The Morgan fingerprint density at radius 2 is 2.25 bits per heavy atom. The Kier molecular flexibility index (Phi) is 3.08. The summed E-state index contributed by atoms with van der Waals surface area (Å²) in [7, 11) is 1.94. The van der Waals surface area contributed by atoms with Crippen molar-refractivity contribution in [3.8, 4) is 0 Å². The Balaban J connectivity index is 1.84. The van der Waals surface area contributed by atoms with Crippen molar-refractivity contribution in [3.05, 3.63) is 35.2 Å². The second-order valence-electron chi connectivity index (χ2n) is 5.38. The summed E-state index contributed by atoms with van der Waals surface area (Å²) in [6.07, 6.45) is 5.90. The van der Waals surface area contributed by atoms with Crippen LogP contribution in [0.1, 0.15) is 46.5 Å². The second kappa shape index (κ2) is 4.77. The topological polar surface area (TPSA) is 73.0 Å². The normalized spacial score (nSPS) is 16.1. The van der Waals surface area contributed by atoms with Crippen LogP contribution in [0.5, 0.6) is 0 Å². The smallest absolute Gasteiger partial charge is 0.257 e. The van der Waals surface area contributed by atoms with Gasteiger partial charge in [-0.15, -0.1) is 0 Å². The molecule has 20 heavy (non-hydrogen) atoms. The highest BCUT2D eigenvalue weighted by Gasteiger charge is 2.36. The second-order valence-corrected chi connectivity index (χ2v) is 5.38. The molecular weight excluding hydrogens is 256 g/mol. The fourth-order valence-corrected chi connectivity index (χ4v) is 2.52. The molecule has 2 heterocycles. The average molecular weight is 274 g/mol. The van der Waals surface area contributed by atoms with E-state index in [4.69, 9.17) is 4.52 Å². The molecule has 0 unspecified atom stereocenters. The number of nitrogens with one attached hydrogen (secondary N) is 1. The molecule has 1 N–H and O–H groups in total. The van der Waals surface area contributed by atoms with Gasteiger partial charge in [0.15, 0.2) is 0 Å². The van der Waals surface area contributed by atoms with Gasteiger partial charge in [0.05, 0.1) is 11.7 Å². The van der Waals surface area contributed by atoms with E-state index < -0.39 is 0 Å². The summed E-state index contributed by atoms with van der Waals surface area (Å²) in [5.41, 5.74) is 1.15. The van der Waals surface area contributed by atoms with Crippen LogP contribution in [0.25, 0.3) is 0 Å². The zero-order chi connectivity index (χ0) is 14.3. The van der Waals surface area contributed by atoms with E-state index in [0.717, 1.165) is 18.7 Å². The summed E-state index contributed by atoms with van der Waals surface area (Å²) < 4.78 is 7.01. The van der Waals surface area contributed by atoms with Gasteiger partial charge in [-0.25, -0.2) is 4.98 Å². The standard InChI is InChI=1S/C14H18N4O2/c1-8-11(9(2)20-17-8)14(19)16-12(10-4-5-10)13-15-6-7-18(13)3/h6-7,10,12H,4-5H2,1-3H3,(H,16,19)/t12-/m0/s1. The maximum Gasteiger partial charge on any atom is 0.257 e. The molecule has 1 fully saturated rings. The van der Waals surface area contributed by atoms with Crippen LogP contribution in [-0.2, 0) is 7.05 Å². The van der Waals surface area contributed by atoms with E-state index in [1.165, 1.54) is 0 Å². The number of imidazole rings is 1. The van der Waals surface area contributed by atoms with Gasteiger partial charge in [0, 0.05) is 19.4 Å². The predicted molar refractivity (Wildman–Crippen MR) is 72.1 cm³/mol. The van der Waals surface area contributed by atoms with Crippen molar-refractivity contribution in [2.75, 3.05) is 0 Å². The lowest BCUT2D eigenvalue weighted by Crippen LogP contribution is -2.32. The van der Waals surface area contributed by atoms with Gasteiger partial charge in [-0.3, -0.25) is 4.79 Å². The van der Waals surface area contributed by atoms with Crippen molar-refractivity contribution in [1.29, 1.82) is 0 Å². The van der Waals surface area contributed by atoms with Gasteiger partial charge in [-0.2, -0.15) is 0 Å². The molecule has 1 atom stereocenters. The van der Waals surface area contributed by atoms with E-state index in [9.17, 15) is 4.79 Å². The number of aryl methyl sites for hydroxylation is 3. The van der Waals surface area contributed by atoms with Crippen LogP contribution >= 0.6 is 0 Å². The minimum atomic E-state index is -0.138. The third-order valence-corrected chi connectivity index (χ3v) is 3.78. The number of carbonyl (C=O) groups is 1. The van der Waals surface area contributed by atoms with Crippen molar-refractivity contribution >= 4 is 5.91 Å². The largest absolute Gasteiger partial charge is 0.361 e. The van der Waals surface area contributed by atoms with Gasteiger partial charge in [0.25, 0.3) is 5.91 Å². The number of aromatic nitrogens is 3. The fraction of sp³-hybridized carbons (Fsp3) is 0.500. The number of hydrogen-bond acceptors (Lipinski definition) is 4. The summed E-state index contributed by atoms with van der Waals surface area (Å²) in [5.74, 6) is 1.78. The highest BCUT2D eigenvalue weighted by molar-refractivity contribution is 5.96. The van der Waals surface area contributed by atoms with E-state index in [0.29, 0.717) is 22.9 Å². The van der Waals surface area contributed by atoms with Crippen LogP contribution in [-0.4, -0.2) is 20.6 Å². The molecule has 106 valence electrons. The molecule has 0 radical (unpaired) electrons. The monoisotopic (exact) mass is 274 g/mol. The molecule has 1 aliphatic rings. The van der Waals surface area contributed by atoms with Gasteiger partial charge in [0.1, 0.15) is 17.1 Å². The Hall–Kier alpha value is -2.11. The van der Waals surface area contributed by atoms with Crippen molar-refractivity contribution in [2.24, 2.45) is 13.0 Å². The van der Waals surface area contributed by atoms with Gasteiger partial charge in [0.2, 0.25) is 0 Å². The molecule has 0 aromatic carbocycles. The van der Waals surface area contributed by atoms with E-state index >= 15 is 0 Å². The maximum atomic E-state index is 12.4. The van der Waals surface area contributed by atoms with Crippen LogP contribution < -0.4 is 5.32 Å². The summed E-state index contributed by atoms with van der Waals surface area (Å²) in [6.45, 7) is 3.53. The molecule has 0 aliphatic heterocycles. The fourth-order valence-electron chi connectivity index (χ4n) is 2.52. The SMILES string of the molecule is Cc1noc(C)c1C(=O)N[C@H](c1nccn1C)C1CC1. The van der Waals surface area contributed by atoms with Crippen LogP contribution in [0.4, 0.5) is 0 Å². The zero-order valence-corrected chi connectivity index (χ0v) is 11.9. The van der Waals surface area contributed by atoms with E-state index in [1.807, 2.05) is 17.8 Å². The highest BCUT2D eigenvalue weighted by Crippen LogP contribution is 2.40. The van der Waals surface area contributed by atoms with E-state index in [2.05, 4.69) is 15.5 Å². The molecule has 0 spiro atoms. The molecule has 3 rings (SSSR count). The van der Waals surface area contributed by atoms with Crippen molar-refractivity contribution in [3.63, 3.8) is 0 Å². The molecule has 6 heteroatoms. The Bertz CT molecular complexity index is 620. The lowest BCUT2D eigenvalue weighted by Gasteiger charge is -2.18. The van der Waals surface area contributed by atoms with Gasteiger partial charge in [-0.05, 0) is 32.6 Å². The Morgan fingerprint density at radius 3 is 2.75 bits per heavy atom. The molecular formula is C14H18N4O2. The molecule has 1 saturated carbocycles. The average Bonchev–Trinajstić information content (AvgIpc) is 3.08. The predicted octanol–water partition coefficient (Wildman–Crippen LogP) is 1.91. The van der Waals surface area contributed by atoms with Crippen molar-refractivity contribution in [2.45, 2.75) is 32.7 Å². The highest BCUT2D eigenvalue weighted by atomic mass is 16.5. The Morgan fingerprint density at radius 1 is 1.50 bits per heavy atom. The van der Waals surface area contributed by atoms with Crippen LogP contribution in [0.15, 0.2) is 16.9 Å². The summed E-state index contributed by atoms with van der Waals surface area (Å²) in [6, 6.07) is -0.0452. The zero-order valence-electron chi connectivity index (χ0n) is 11.9. The maximum absolute atomic E-state index is 12.4. The quantitative estimate of drug-likeness (QED) is 0.924. The first-order valence-corrected chi connectivity index (χ1v) is 6.79. The first-order valence-electron chi connectivity index (χ1n) is 6.79. The van der Waals surface area contributed by atoms with Gasteiger partial charge < -0.3 is 14.4 Å². The summed E-state index contributed by atoms with van der Waals surface area (Å²) in [4.78, 5) is 16.8. The van der Waals surface area contributed by atoms with E-state index in [1.54, 1.807) is 20.0 Å². The van der Waals surface area contributed by atoms with E-state index in [-0.39, 0.29) is 11.9 Å². The van der Waals surface area contributed by atoms with Crippen LogP contribution in [0, 0.1) is 19.8 Å². The lowest BCUT2D eigenvalue weighted by atomic mass is 10.1. The molecule has 2 aromatic heterocycles. The van der Waals surface area contributed by atoms with Gasteiger partial charge >= 0.3 is 0 Å². The molecule has 0 saturated heterocycles. The number of hydrogen-bond donors (Lipinski definition) is 1. The molecule has 1 amide bonds. The third-order valence-electron chi connectivity index (χ3n) is 3.78. The third kappa shape index (κ3) is 2.21. The molecule has 1 aliphatic carbocycles. The molecule has 0 bridgehead atoms. The Labute approximate surface area is 117 Å². The number of amides is 1. The molecule has 6 nitrogen and oxygen atoms in total. The first kappa shape index (κ1) is 12.9. The van der Waals surface area contributed by atoms with Crippen LogP contribution in [0.2, 0.25) is 0 Å². The van der Waals surface area contributed by atoms with Gasteiger partial charge in [-0.1, -0.05) is 5.16 Å².